The van der Waals surface area contributed by atoms with Crippen molar-refractivity contribution in [2.75, 3.05) is 26.7 Å². The molecule has 1 aromatic heterocycles. The monoisotopic (exact) mass is 553 g/mol. The number of aliphatic hydroxyl groups is 1. The number of fused-ring (bicyclic) bond motifs is 5. The number of likely N-dealkylation sites (N-methyl/N-ethyl adjacent to an activating group) is 1. The molecule has 214 valence electrons. The molecule has 3 aromatic carbocycles. The second-order valence-corrected chi connectivity index (χ2v) is 11.2. The van der Waals surface area contributed by atoms with Crippen LogP contribution >= 0.6 is 0 Å². The van der Waals surface area contributed by atoms with Crippen LogP contribution in [0.3, 0.4) is 0 Å². The molecule has 1 N–H and O–H groups in total. The number of ether oxygens (including phenoxy) is 1. The summed E-state index contributed by atoms with van der Waals surface area (Å²) in [6, 6.07) is 25.4. The van der Waals surface area contributed by atoms with Gasteiger partial charge in [-0.05, 0) is 29.7 Å². The predicted octanol–water partition coefficient (Wildman–Crippen LogP) is 4.90. The normalized spacial score (nSPS) is 18.4. The molecular weight excluding hydrogens is 514 g/mol. The largest absolute Gasteiger partial charge is 0.394 e. The molecular formula is C34H39N3O4. The molecule has 1 aliphatic heterocycles. The highest BCUT2D eigenvalue weighted by Gasteiger charge is 2.33. The molecule has 0 radical (unpaired) electrons. The van der Waals surface area contributed by atoms with Crippen LogP contribution in [0.5, 0.6) is 0 Å². The summed E-state index contributed by atoms with van der Waals surface area (Å²) in [5.41, 5.74) is 5.35. The van der Waals surface area contributed by atoms with Crippen molar-refractivity contribution < 1.29 is 19.4 Å². The third-order valence-corrected chi connectivity index (χ3v) is 8.30. The highest BCUT2D eigenvalue weighted by atomic mass is 16.5. The average Bonchev–Trinajstić information content (AvgIpc) is 3.28. The van der Waals surface area contributed by atoms with Crippen LogP contribution in [0.4, 0.5) is 0 Å². The lowest BCUT2D eigenvalue weighted by atomic mass is 9.96. The number of hydrogen-bond acceptors (Lipinski definition) is 4. The first-order valence-corrected chi connectivity index (χ1v) is 14.3. The molecule has 0 saturated heterocycles. The smallest absolute Gasteiger partial charge is 0.271 e. The van der Waals surface area contributed by atoms with Gasteiger partial charge in [-0.15, -0.1) is 0 Å². The Morgan fingerprint density at radius 3 is 2.49 bits per heavy atom. The van der Waals surface area contributed by atoms with Crippen LogP contribution in [0.2, 0.25) is 0 Å². The van der Waals surface area contributed by atoms with E-state index in [4.69, 9.17) is 4.74 Å². The Hall–Kier alpha value is -3.94. The van der Waals surface area contributed by atoms with Gasteiger partial charge in [0.15, 0.2) is 0 Å². The Bertz CT molecular complexity index is 1530. The van der Waals surface area contributed by atoms with E-state index in [1.807, 2.05) is 98.4 Å². The summed E-state index contributed by atoms with van der Waals surface area (Å²) in [6.07, 6.45) is -0.0116. The lowest BCUT2D eigenvalue weighted by Crippen LogP contribution is -2.48. The van der Waals surface area contributed by atoms with Gasteiger partial charge in [-0.3, -0.25) is 9.59 Å². The lowest BCUT2D eigenvalue weighted by Gasteiger charge is -2.35. The lowest BCUT2D eigenvalue weighted by molar-refractivity contribution is -0.132. The van der Waals surface area contributed by atoms with E-state index in [1.54, 1.807) is 9.80 Å². The van der Waals surface area contributed by atoms with E-state index in [0.29, 0.717) is 31.8 Å². The standard InChI is InChI=1S/C34H39N3O4/c1-23-19-37(24(2)21-38)34(40)33-32(28-16-10-11-17-29(28)36(33)4)27-15-9-8-14-26(27)22-41-30(23)20-35(3)31(39)18-25-12-6-5-7-13-25/h5-17,23-24,30,38H,18-22H2,1-4H3/t23-,24-,30+/m0/s1. The summed E-state index contributed by atoms with van der Waals surface area (Å²) in [5, 5.41) is 11.2. The van der Waals surface area contributed by atoms with Crippen molar-refractivity contribution in [3.8, 4) is 11.1 Å². The number of aromatic nitrogens is 1. The van der Waals surface area contributed by atoms with Crippen molar-refractivity contribution in [2.45, 2.75) is 39.0 Å². The van der Waals surface area contributed by atoms with Crippen molar-refractivity contribution in [3.63, 3.8) is 0 Å². The maximum absolute atomic E-state index is 14.4. The number of nitrogens with zero attached hydrogens (tertiary/aromatic N) is 3. The molecule has 2 heterocycles. The number of amides is 2. The fourth-order valence-corrected chi connectivity index (χ4v) is 5.80. The van der Waals surface area contributed by atoms with Gasteiger partial charge < -0.3 is 24.2 Å². The molecule has 1 aliphatic rings. The van der Waals surface area contributed by atoms with E-state index in [0.717, 1.165) is 33.2 Å². The van der Waals surface area contributed by atoms with E-state index in [2.05, 4.69) is 13.0 Å². The van der Waals surface area contributed by atoms with Crippen LogP contribution in [-0.2, 0) is 29.6 Å². The Kier molecular flexibility index (Phi) is 8.57. The number of aliphatic hydroxyl groups excluding tert-OH is 1. The molecule has 4 aromatic rings. The van der Waals surface area contributed by atoms with Gasteiger partial charge in [-0.1, -0.05) is 79.7 Å². The van der Waals surface area contributed by atoms with Crippen molar-refractivity contribution in [2.24, 2.45) is 13.0 Å². The second kappa shape index (κ2) is 12.3. The average molecular weight is 554 g/mol. The minimum atomic E-state index is -0.398. The molecule has 0 unspecified atom stereocenters. The summed E-state index contributed by atoms with van der Waals surface area (Å²) in [4.78, 5) is 31.1. The minimum Gasteiger partial charge on any atom is -0.394 e. The quantitative estimate of drug-likeness (QED) is 0.369. The second-order valence-electron chi connectivity index (χ2n) is 11.2. The van der Waals surface area contributed by atoms with E-state index < -0.39 is 6.04 Å². The van der Waals surface area contributed by atoms with Crippen molar-refractivity contribution >= 4 is 22.7 Å². The Labute approximate surface area is 242 Å². The molecule has 0 bridgehead atoms. The highest BCUT2D eigenvalue weighted by Crippen LogP contribution is 2.38. The minimum absolute atomic E-state index is 0.0113. The van der Waals surface area contributed by atoms with E-state index in [-0.39, 0.29) is 30.4 Å². The van der Waals surface area contributed by atoms with Crippen LogP contribution in [0.25, 0.3) is 22.0 Å². The maximum atomic E-state index is 14.4. The Balaban J connectivity index is 1.55. The van der Waals surface area contributed by atoms with E-state index >= 15 is 0 Å². The van der Waals surface area contributed by atoms with Crippen molar-refractivity contribution in [1.29, 1.82) is 0 Å². The summed E-state index contributed by atoms with van der Waals surface area (Å²) < 4.78 is 8.58. The molecule has 7 heteroatoms. The fourth-order valence-electron chi connectivity index (χ4n) is 5.80. The predicted molar refractivity (Wildman–Crippen MR) is 161 cm³/mol. The summed E-state index contributed by atoms with van der Waals surface area (Å²) in [6.45, 7) is 4.87. The van der Waals surface area contributed by atoms with Crippen LogP contribution in [-0.4, -0.2) is 70.2 Å². The number of carbonyl (C=O) groups excluding carboxylic acids is 2. The van der Waals surface area contributed by atoms with Gasteiger partial charge in [0.05, 0.1) is 31.8 Å². The van der Waals surface area contributed by atoms with Gasteiger partial charge >= 0.3 is 0 Å². The molecule has 0 spiro atoms. The van der Waals surface area contributed by atoms with Crippen LogP contribution < -0.4 is 0 Å². The third kappa shape index (κ3) is 5.78. The SMILES string of the molecule is C[C@H]1CN([C@@H](C)CO)C(=O)c2c(c3ccccc3n2C)-c2ccccc2CO[C@@H]1CN(C)C(=O)Cc1ccccc1. The van der Waals surface area contributed by atoms with E-state index in [1.165, 1.54) is 0 Å². The van der Waals surface area contributed by atoms with Crippen molar-refractivity contribution in [3.05, 3.63) is 95.7 Å². The highest BCUT2D eigenvalue weighted by molar-refractivity contribution is 6.10. The summed E-state index contributed by atoms with van der Waals surface area (Å²) in [5.74, 6) is -0.225. The number of benzene rings is 3. The van der Waals surface area contributed by atoms with Crippen LogP contribution in [0.1, 0.15) is 35.5 Å². The first-order valence-electron chi connectivity index (χ1n) is 14.3. The van der Waals surface area contributed by atoms with Gasteiger partial charge in [0.1, 0.15) is 5.69 Å². The van der Waals surface area contributed by atoms with Gasteiger partial charge in [-0.2, -0.15) is 0 Å². The number of rotatable bonds is 6. The molecule has 7 nitrogen and oxygen atoms in total. The maximum Gasteiger partial charge on any atom is 0.271 e. The van der Waals surface area contributed by atoms with Gasteiger partial charge in [-0.25, -0.2) is 0 Å². The number of carbonyl (C=O) groups is 2. The molecule has 41 heavy (non-hydrogen) atoms. The molecule has 5 rings (SSSR count). The van der Waals surface area contributed by atoms with Gasteiger partial charge in [0.25, 0.3) is 5.91 Å². The molecule has 3 atom stereocenters. The van der Waals surface area contributed by atoms with Crippen molar-refractivity contribution in [1.82, 2.24) is 14.4 Å². The summed E-state index contributed by atoms with van der Waals surface area (Å²) >= 11 is 0. The Morgan fingerprint density at radius 2 is 1.73 bits per heavy atom. The number of aryl methyl sites for hydroxylation is 1. The molecule has 0 saturated carbocycles. The topological polar surface area (TPSA) is 75.0 Å². The number of hydrogen-bond donors (Lipinski definition) is 1. The first-order chi connectivity index (χ1) is 19.8. The Morgan fingerprint density at radius 1 is 1.05 bits per heavy atom. The zero-order valence-electron chi connectivity index (χ0n) is 24.3. The molecule has 2 amide bonds. The number of para-hydroxylation sites is 1. The third-order valence-electron chi connectivity index (χ3n) is 8.30. The fraction of sp³-hybridized carbons (Fsp3) is 0.353. The summed E-state index contributed by atoms with van der Waals surface area (Å²) in [7, 11) is 3.74. The van der Waals surface area contributed by atoms with Gasteiger partial charge in [0.2, 0.25) is 5.91 Å². The molecule has 0 fully saturated rings. The zero-order valence-corrected chi connectivity index (χ0v) is 24.3. The first kappa shape index (κ1) is 28.6. The zero-order chi connectivity index (χ0) is 29.1. The van der Waals surface area contributed by atoms with Gasteiger partial charge in [0, 0.05) is 49.6 Å². The molecule has 0 aliphatic carbocycles. The van der Waals surface area contributed by atoms with Crippen LogP contribution in [0, 0.1) is 5.92 Å². The van der Waals surface area contributed by atoms with Crippen LogP contribution in [0.15, 0.2) is 78.9 Å². The van der Waals surface area contributed by atoms with E-state index in [9.17, 15) is 14.7 Å².